The Bertz CT molecular complexity index is 368. The molecule has 114 valence electrons. The zero-order valence-corrected chi connectivity index (χ0v) is 12.8. The maximum absolute atomic E-state index is 13.0. The van der Waals surface area contributed by atoms with Gasteiger partial charge in [0.1, 0.15) is 0 Å². The van der Waals surface area contributed by atoms with Crippen LogP contribution < -0.4 is 0 Å². The van der Waals surface area contributed by atoms with Gasteiger partial charge in [0.15, 0.2) is 5.78 Å². The monoisotopic (exact) mass is 281 g/mol. The van der Waals surface area contributed by atoms with Crippen LogP contribution in [0.15, 0.2) is 0 Å². The zero-order valence-electron chi connectivity index (χ0n) is 12.8. The summed E-state index contributed by atoms with van der Waals surface area (Å²) < 4.78 is 11.5. The van der Waals surface area contributed by atoms with Gasteiger partial charge in [0, 0.05) is 25.6 Å². The van der Waals surface area contributed by atoms with Gasteiger partial charge in [0.25, 0.3) is 0 Å². The van der Waals surface area contributed by atoms with E-state index in [1.54, 1.807) is 0 Å². The summed E-state index contributed by atoms with van der Waals surface area (Å²) in [6.07, 6.45) is 5.12. The van der Waals surface area contributed by atoms with Crippen molar-refractivity contribution in [1.29, 1.82) is 0 Å². The molecule has 3 aliphatic rings. The van der Waals surface area contributed by atoms with E-state index in [1.807, 2.05) is 0 Å². The van der Waals surface area contributed by atoms with Gasteiger partial charge in [-0.05, 0) is 52.6 Å². The molecule has 3 fully saturated rings. The summed E-state index contributed by atoms with van der Waals surface area (Å²) in [5, 5.41) is 0. The highest BCUT2D eigenvalue weighted by atomic mass is 16.6. The molecule has 1 spiro atoms. The molecule has 0 radical (unpaired) electrons. The Morgan fingerprint density at radius 3 is 2.65 bits per heavy atom. The standard InChI is InChI=1S/C16H27NO3/c1-15(2,17-7-3-4-8-17)14(18)13-5-9-20-16(11-13)6-10-19-12-16/h13H,3-12H2,1-2H3. The lowest BCUT2D eigenvalue weighted by Crippen LogP contribution is -2.54. The summed E-state index contributed by atoms with van der Waals surface area (Å²) in [5.74, 6) is 0.551. The molecule has 0 aromatic rings. The lowest BCUT2D eigenvalue weighted by Gasteiger charge is -2.41. The Kier molecular flexibility index (Phi) is 3.91. The van der Waals surface area contributed by atoms with Crippen LogP contribution in [0.5, 0.6) is 0 Å². The van der Waals surface area contributed by atoms with Crippen molar-refractivity contribution in [1.82, 2.24) is 4.90 Å². The van der Waals surface area contributed by atoms with Gasteiger partial charge in [0.2, 0.25) is 0 Å². The second-order valence-electron chi connectivity index (χ2n) is 7.14. The molecule has 2 unspecified atom stereocenters. The molecular weight excluding hydrogens is 254 g/mol. The van der Waals surface area contributed by atoms with Crippen LogP contribution in [-0.4, -0.2) is 54.7 Å². The average molecular weight is 281 g/mol. The van der Waals surface area contributed by atoms with Gasteiger partial charge < -0.3 is 9.47 Å². The number of ketones is 1. The van der Waals surface area contributed by atoms with Crippen LogP contribution in [-0.2, 0) is 14.3 Å². The fourth-order valence-electron chi connectivity index (χ4n) is 4.05. The fraction of sp³-hybridized carbons (Fsp3) is 0.938. The molecule has 4 nitrogen and oxygen atoms in total. The highest BCUT2D eigenvalue weighted by molar-refractivity contribution is 5.89. The Hall–Kier alpha value is -0.450. The number of hydrogen-bond donors (Lipinski definition) is 0. The number of rotatable bonds is 3. The van der Waals surface area contributed by atoms with Gasteiger partial charge in [0.05, 0.1) is 17.7 Å². The Labute approximate surface area is 121 Å². The molecular formula is C16H27NO3. The van der Waals surface area contributed by atoms with Gasteiger partial charge in [-0.2, -0.15) is 0 Å². The summed E-state index contributed by atoms with van der Waals surface area (Å²) in [4.78, 5) is 15.4. The number of ether oxygens (including phenoxy) is 2. The quantitative estimate of drug-likeness (QED) is 0.793. The van der Waals surface area contributed by atoms with Crippen molar-refractivity contribution in [2.75, 3.05) is 32.9 Å². The Morgan fingerprint density at radius 1 is 1.25 bits per heavy atom. The molecule has 0 aromatic carbocycles. The van der Waals surface area contributed by atoms with Crippen molar-refractivity contribution >= 4 is 5.78 Å². The first kappa shape index (κ1) is 14.5. The highest BCUT2D eigenvalue weighted by Gasteiger charge is 2.47. The van der Waals surface area contributed by atoms with Crippen LogP contribution in [0.3, 0.4) is 0 Å². The van der Waals surface area contributed by atoms with Crippen molar-refractivity contribution < 1.29 is 14.3 Å². The van der Waals surface area contributed by atoms with Gasteiger partial charge in [-0.15, -0.1) is 0 Å². The third-order valence-corrected chi connectivity index (χ3v) is 5.43. The SMILES string of the molecule is CC(C)(C(=O)C1CCOC2(CCOC2)C1)N1CCCC1. The van der Waals surface area contributed by atoms with E-state index in [2.05, 4.69) is 18.7 Å². The highest BCUT2D eigenvalue weighted by Crippen LogP contribution is 2.38. The first-order valence-electron chi connectivity index (χ1n) is 8.05. The minimum Gasteiger partial charge on any atom is -0.378 e. The summed E-state index contributed by atoms with van der Waals surface area (Å²) in [6.45, 7) is 8.49. The van der Waals surface area contributed by atoms with Crippen molar-refractivity contribution in [3.05, 3.63) is 0 Å². The lowest BCUT2D eigenvalue weighted by molar-refractivity contribution is -0.146. The predicted molar refractivity (Wildman–Crippen MR) is 76.7 cm³/mol. The van der Waals surface area contributed by atoms with E-state index in [0.29, 0.717) is 19.0 Å². The van der Waals surface area contributed by atoms with Crippen molar-refractivity contribution in [3.63, 3.8) is 0 Å². The summed E-state index contributed by atoms with van der Waals surface area (Å²) in [7, 11) is 0. The normalized spacial score (nSPS) is 35.8. The second kappa shape index (κ2) is 5.39. The molecule has 3 aliphatic heterocycles. The third kappa shape index (κ3) is 2.53. The summed E-state index contributed by atoms with van der Waals surface area (Å²) >= 11 is 0. The topological polar surface area (TPSA) is 38.8 Å². The van der Waals surface area contributed by atoms with Crippen LogP contribution in [0.2, 0.25) is 0 Å². The first-order valence-corrected chi connectivity index (χ1v) is 8.05. The molecule has 4 heteroatoms. The third-order valence-electron chi connectivity index (χ3n) is 5.43. The Balaban J connectivity index is 1.69. The van der Waals surface area contributed by atoms with Crippen molar-refractivity contribution in [2.24, 2.45) is 5.92 Å². The maximum Gasteiger partial charge on any atom is 0.155 e. The van der Waals surface area contributed by atoms with E-state index in [4.69, 9.17) is 9.47 Å². The van der Waals surface area contributed by atoms with Gasteiger partial charge >= 0.3 is 0 Å². The predicted octanol–water partition coefficient (Wildman–Crippen LogP) is 2.02. The minimum atomic E-state index is -0.320. The van der Waals surface area contributed by atoms with Gasteiger partial charge in [-0.3, -0.25) is 9.69 Å². The zero-order chi connectivity index (χ0) is 14.2. The largest absolute Gasteiger partial charge is 0.378 e. The number of carbonyl (C=O) groups is 1. The molecule has 0 aliphatic carbocycles. The molecule has 3 heterocycles. The number of likely N-dealkylation sites (tertiary alicyclic amines) is 1. The molecule has 20 heavy (non-hydrogen) atoms. The number of hydrogen-bond acceptors (Lipinski definition) is 4. The second-order valence-corrected chi connectivity index (χ2v) is 7.14. The molecule has 0 amide bonds. The van der Waals surface area contributed by atoms with Crippen LogP contribution in [0, 0.1) is 5.92 Å². The van der Waals surface area contributed by atoms with E-state index in [0.717, 1.165) is 39.0 Å². The van der Waals surface area contributed by atoms with E-state index >= 15 is 0 Å². The smallest absolute Gasteiger partial charge is 0.155 e. The van der Waals surface area contributed by atoms with Crippen LogP contribution in [0.1, 0.15) is 46.0 Å². The van der Waals surface area contributed by atoms with Crippen LogP contribution >= 0.6 is 0 Å². The Morgan fingerprint density at radius 2 is 2.00 bits per heavy atom. The number of nitrogens with zero attached hydrogens (tertiary/aromatic N) is 1. The van der Waals surface area contributed by atoms with E-state index in [1.165, 1.54) is 12.8 Å². The van der Waals surface area contributed by atoms with Gasteiger partial charge in [-0.1, -0.05) is 0 Å². The number of Topliss-reactive ketones (excluding diaryl/α,β-unsaturated/α-hetero) is 1. The molecule has 3 saturated heterocycles. The molecule has 0 N–H and O–H groups in total. The maximum atomic E-state index is 13.0. The fourth-order valence-corrected chi connectivity index (χ4v) is 4.05. The summed E-state index contributed by atoms with van der Waals surface area (Å²) in [6, 6.07) is 0. The molecule has 0 saturated carbocycles. The molecule has 0 aromatic heterocycles. The van der Waals surface area contributed by atoms with Crippen LogP contribution in [0.4, 0.5) is 0 Å². The van der Waals surface area contributed by atoms with E-state index < -0.39 is 0 Å². The summed E-state index contributed by atoms with van der Waals surface area (Å²) in [5.41, 5.74) is -0.487. The minimum absolute atomic E-state index is 0.140. The van der Waals surface area contributed by atoms with E-state index in [-0.39, 0.29) is 17.1 Å². The van der Waals surface area contributed by atoms with E-state index in [9.17, 15) is 4.79 Å². The van der Waals surface area contributed by atoms with Crippen molar-refractivity contribution in [2.45, 2.75) is 57.1 Å². The molecule has 3 rings (SSSR count). The number of carbonyl (C=O) groups excluding carboxylic acids is 1. The first-order chi connectivity index (χ1) is 9.54. The van der Waals surface area contributed by atoms with Gasteiger partial charge in [-0.25, -0.2) is 0 Å². The van der Waals surface area contributed by atoms with Crippen LogP contribution in [0.25, 0.3) is 0 Å². The van der Waals surface area contributed by atoms with Crippen molar-refractivity contribution in [3.8, 4) is 0 Å². The molecule has 2 atom stereocenters. The molecule has 0 bridgehead atoms. The lowest BCUT2D eigenvalue weighted by atomic mass is 9.77. The average Bonchev–Trinajstić information content (AvgIpc) is 3.10.